The van der Waals surface area contributed by atoms with Crippen LogP contribution in [-0.4, -0.2) is 60.1 Å². The van der Waals surface area contributed by atoms with Crippen molar-refractivity contribution in [3.8, 4) is 22.6 Å². The molecule has 0 aliphatic heterocycles. The molecule has 1 aromatic carbocycles. The number of nitrogens with one attached hydrogen (secondary N) is 1. The number of hydrogen-bond donors (Lipinski definition) is 1. The van der Waals surface area contributed by atoms with Gasteiger partial charge in [0, 0.05) is 18.5 Å². The van der Waals surface area contributed by atoms with Crippen LogP contribution in [0, 0.1) is 0 Å². The summed E-state index contributed by atoms with van der Waals surface area (Å²) >= 11 is 0. The maximum absolute atomic E-state index is 13.4. The second-order valence-electron chi connectivity index (χ2n) is 8.35. The van der Waals surface area contributed by atoms with Crippen molar-refractivity contribution >= 4 is 17.1 Å². The molecule has 2 heterocycles. The van der Waals surface area contributed by atoms with Crippen molar-refractivity contribution in [1.29, 1.82) is 0 Å². The average Bonchev–Trinajstić information content (AvgIpc) is 3.33. The first kappa shape index (κ1) is 28.9. The highest BCUT2D eigenvalue weighted by Crippen LogP contribution is 2.37. The molecule has 3 aromatic rings. The van der Waals surface area contributed by atoms with E-state index >= 15 is 0 Å². The Morgan fingerprint density at radius 2 is 1.76 bits per heavy atom. The lowest BCUT2D eigenvalue weighted by Gasteiger charge is -2.31. The number of carbonyl (C=O) groups excluding carboxylic acids is 1. The van der Waals surface area contributed by atoms with E-state index in [2.05, 4.69) is 9.97 Å². The number of methoxy groups -OCH3 is 2. The number of ether oxygens (including phenoxy) is 2. The fraction of sp³-hybridized carbons (Fsp3) is 0.458. The molecule has 14 heteroatoms. The lowest BCUT2D eigenvalue weighted by atomic mass is 10.0. The molecular weight excluding hydrogens is 522 g/mol. The van der Waals surface area contributed by atoms with Gasteiger partial charge in [0.1, 0.15) is 17.5 Å². The molecule has 0 bridgehead atoms. The minimum absolute atomic E-state index is 0.0439. The molecule has 8 nitrogen and oxygen atoms in total. The summed E-state index contributed by atoms with van der Waals surface area (Å²) in [5.41, 5.74) is 2.34. The monoisotopic (exact) mass is 548 g/mol. The van der Waals surface area contributed by atoms with Gasteiger partial charge in [-0.3, -0.25) is 4.98 Å². The molecular formula is C24H26F6N4O4. The van der Waals surface area contributed by atoms with Gasteiger partial charge in [-0.15, -0.1) is 0 Å². The van der Waals surface area contributed by atoms with Crippen molar-refractivity contribution in [2.45, 2.75) is 51.1 Å². The van der Waals surface area contributed by atoms with Gasteiger partial charge in [0.05, 0.1) is 32.2 Å². The third-order valence-electron chi connectivity index (χ3n) is 5.95. The summed E-state index contributed by atoms with van der Waals surface area (Å²) in [5, 5.41) is 1.71. The van der Waals surface area contributed by atoms with Gasteiger partial charge in [-0.05, 0) is 44.0 Å². The zero-order chi connectivity index (χ0) is 28.3. The van der Waals surface area contributed by atoms with Crippen LogP contribution in [0.3, 0.4) is 0 Å². The molecule has 0 aliphatic carbocycles. The molecule has 2 atom stereocenters. The van der Waals surface area contributed by atoms with Crippen LogP contribution in [0.15, 0.2) is 35.2 Å². The minimum atomic E-state index is -5.06. The SMILES string of the molecule is CCN(C(=O)NC(CCC(F)(F)F)C(F)(F)F)[C@H](C)c1cc(-c2cc(OC)c3ncoc3c2)c(OC)cn1. The van der Waals surface area contributed by atoms with Crippen molar-refractivity contribution in [2.24, 2.45) is 0 Å². The molecule has 208 valence electrons. The van der Waals surface area contributed by atoms with Gasteiger partial charge in [-0.1, -0.05) is 0 Å². The van der Waals surface area contributed by atoms with Gasteiger partial charge in [0.25, 0.3) is 0 Å². The fourth-order valence-electron chi connectivity index (χ4n) is 3.93. The summed E-state index contributed by atoms with van der Waals surface area (Å²) < 4.78 is 94.0. The lowest BCUT2D eigenvalue weighted by molar-refractivity contribution is -0.171. The predicted octanol–water partition coefficient (Wildman–Crippen LogP) is 6.27. The smallest absolute Gasteiger partial charge is 0.408 e. The molecule has 0 spiro atoms. The van der Waals surface area contributed by atoms with Crippen LogP contribution in [0.25, 0.3) is 22.2 Å². The van der Waals surface area contributed by atoms with E-state index in [1.165, 1.54) is 33.7 Å². The van der Waals surface area contributed by atoms with Crippen LogP contribution in [-0.2, 0) is 0 Å². The molecule has 1 unspecified atom stereocenters. The Kier molecular flexibility index (Phi) is 8.62. The number of pyridine rings is 1. The van der Waals surface area contributed by atoms with E-state index in [0.717, 1.165) is 4.90 Å². The molecule has 0 fully saturated rings. The third kappa shape index (κ3) is 6.58. The van der Waals surface area contributed by atoms with Crippen LogP contribution in [0.2, 0.25) is 0 Å². The number of hydrogen-bond acceptors (Lipinski definition) is 6. The van der Waals surface area contributed by atoms with Crippen molar-refractivity contribution in [2.75, 3.05) is 20.8 Å². The average molecular weight is 548 g/mol. The number of amides is 2. The summed E-state index contributed by atoms with van der Waals surface area (Å²) in [6.45, 7) is 3.03. The molecule has 0 radical (unpaired) electrons. The van der Waals surface area contributed by atoms with Gasteiger partial charge >= 0.3 is 18.4 Å². The number of oxazole rings is 1. The van der Waals surface area contributed by atoms with Crippen LogP contribution < -0.4 is 14.8 Å². The van der Waals surface area contributed by atoms with Crippen LogP contribution in [0.1, 0.15) is 38.4 Å². The van der Waals surface area contributed by atoms with Crippen LogP contribution in [0.5, 0.6) is 11.5 Å². The molecule has 38 heavy (non-hydrogen) atoms. The molecule has 2 amide bonds. The Bertz CT molecular complexity index is 1260. The molecule has 0 saturated heterocycles. The zero-order valence-corrected chi connectivity index (χ0v) is 20.9. The topological polar surface area (TPSA) is 89.7 Å². The van der Waals surface area contributed by atoms with Crippen LogP contribution >= 0.6 is 0 Å². The minimum Gasteiger partial charge on any atom is -0.494 e. The number of urea groups is 1. The van der Waals surface area contributed by atoms with Crippen LogP contribution in [0.4, 0.5) is 31.1 Å². The highest BCUT2D eigenvalue weighted by molar-refractivity contribution is 5.87. The number of carbonyl (C=O) groups is 1. The predicted molar refractivity (Wildman–Crippen MR) is 125 cm³/mol. The van der Waals surface area contributed by atoms with E-state index in [4.69, 9.17) is 13.9 Å². The van der Waals surface area contributed by atoms with Gasteiger partial charge in [-0.25, -0.2) is 9.78 Å². The number of fused-ring (bicyclic) bond motifs is 1. The zero-order valence-electron chi connectivity index (χ0n) is 20.9. The summed E-state index contributed by atoms with van der Waals surface area (Å²) in [5.74, 6) is 0.782. The fourth-order valence-corrected chi connectivity index (χ4v) is 3.93. The number of benzene rings is 1. The largest absolute Gasteiger partial charge is 0.494 e. The van der Waals surface area contributed by atoms with E-state index in [1.807, 2.05) is 0 Å². The van der Waals surface area contributed by atoms with E-state index in [-0.39, 0.29) is 6.54 Å². The molecule has 1 N–H and O–H groups in total. The Labute approximate surface area is 213 Å². The quantitative estimate of drug-likeness (QED) is 0.317. The van der Waals surface area contributed by atoms with Gasteiger partial charge in [-0.2, -0.15) is 26.3 Å². The molecule has 0 saturated carbocycles. The Balaban J connectivity index is 1.92. The molecule has 2 aromatic heterocycles. The maximum atomic E-state index is 13.4. The standard InChI is InChI=1S/C24H26F6N4O4/c1-5-34(22(35)33-20(24(28,29)30)6-7-23(25,26)27)13(2)16-10-15(19(37-4)11-31-16)14-8-17(36-3)21-18(9-14)38-12-32-21/h8-13,20H,5-7H2,1-4H3,(H,33,35)/t13-,20?/m1/s1. The number of aromatic nitrogens is 2. The first-order valence-electron chi connectivity index (χ1n) is 11.4. The second kappa shape index (κ2) is 11.4. The summed E-state index contributed by atoms with van der Waals surface area (Å²) in [6.07, 6.45) is -10.2. The number of nitrogens with zero attached hydrogens (tertiary/aromatic N) is 3. The van der Waals surface area contributed by atoms with E-state index in [1.54, 1.807) is 30.4 Å². The number of halogens is 6. The summed E-state index contributed by atoms with van der Waals surface area (Å²) in [4.78, 5) is 22.2. The van der Waals surface area contributed by atoms with E-state index in [9.17, 15) is 31.1 Å². The number of alkyl halides is 6. The molecule has 0 aliphatic rings. The van der Waals surface area contributed by atoms with Crippen molar-refractivity contribution < 1.29 is 45.0 Å². The van der Waals surface area contributed by atoms with E-state index in [0.29, 0.717) is 39.4 Å². The second-order valence-corrected chi connectivity index (χ2v) is 8.35. The highest BCUT2D eigenvalue weighted by atomic mass is 19.4. The third-order valence-corrected chi connectivity index (χ3v) is 5.95. The van der Waals surface area contributed by atoms with Gasteiger partial charge < -0.3 is 24.1 Å². The maximum Gasteiger partial charge on any atom is 0.408 e. The molecule has 3 rings (SSSR count). The highest BCUT2D eigenvalue weighted by Gasteiger charge is 2.43. The Morgan fingerprint density at radius 3 is 2.34 bits per heavy atom. The Morgan fingerprint density at radius 1 is 1.08 bits per heavy atom. The van der Waals surface area contributed by atoms with E-state index < -0.39 is 43.3 Å². The van der Waals surface area contributed by atoms with Crippen molar-refractivity contribution in [1.82, 2.24) is 20.2 Å². The summed E-state index contributed by atoms with van der Waals surface area (Å²) in [7, 11) is 2.89. The van der Waals surface area contributed by atoms with Crippen molar-refractivity contribution in [3.63, 3.8) is 0 Å². The van der Waals surface area contributed by atoms with Gasteiger partial charge in [0.2, 0.25) is 0 Å². The number of rotatable bonds is 9. The summed E-state index contributed by atoms with van der Waals surface area (Å²) in [6, 6.07) is 0.289. The van der Waals surface area contributed by atoms with Gasteiger partial charge in [0.15, 0.2) is 17.5 Å². The first-order chi connectivity index (χ1) is 17.8. The normalized spacial score (nSPS) is 13.7. The Hall–Kier alpha value is -3.71. The lowest BCUT2D eigenvalue weighted by Crippen LogP contribution is -2.51. The van der Waals surface area contributed by atoms with Crippen molar-refractivity contribution in [3.05, 3.63) is 36.5 Å². The first-order valence-corrected chi connectivity index (χ1v) is 11.4.